The zero-order chi connectivity index (χ0) is 12.4. The second-order valence-electron chi connectivity index (χ2n) is 5.16. The number of morpholine rings is 1. The van der Waals surface area contributed by atoms with Crippen molar-refractivity contribution >= 4 is 5.78 Å². The Hall–Kier alpha value is -1.19. The molecule has 3 heteroatoms. The van der Waals surface area contributed by atoms with Crippen molar-refractivity contribution in [2.45, 2.75) is 31.8 Å². The summed E-state index contributed by atoms with van der Waals surface area (Å²) in [6.07, 6.45) is 3.85. The van der Waals surface area contributed by atoms with Crippen molar-refractivity contribution < 1.29 is 9.53 Å². The molecule has 1 N–H and O–H groups in total. The Labute approximate surface area is 108 Å². The summed E-state index contributed by atoms with van der Waals surface area (Å²) >= 11 is 0. The number of hydrogen-bond donors (Lipinski definition) is 1. The largest absolute Gasteiger partial charge is 0.368 e. The van der Waals surface area contributed by atoms with Crippen LogP contribution in [0, 0.1) is 0 Å². The van der Waals surface area contributed by atoms with Crippen LogP contribution in [0.2, 0.25) is 0 Å². The number of Topliss-reactive ketones (excluding diaryl/α,β-unsaturated/α-hetero) is 1. The van der Waals surface area contributed by atoms with E-state index in [0.717, 1.165) is 12.1 Å². The van der Waals surface area contributed by atoms with Gasteiger partial charge in [-0.05, 0) is 36.0 Å². The van der Waals surface area contributed by atoms with E-state index in [2.05, 4.69) is 23.5 Å². The van der Waals surface area contributed by atoms with Gasteiger partial charge in [-0.2, -0.15) is 0 Å². The van der Waals surface area contributed by atoms with Crippen LogP contribution in [0.1, 0.15) is 23.1 Å². The fourth-order valence-electron chi connectivity index (χ4n) is 2.82. The topological polar surface area (TPSA) is 38.3 Å². The molecule has 1 aliphatic carbocycles. The van der Waals surface area contributed by atoms with Gasteiger partial charge < -0.3 is 10.1 Å². The van der Waals surface area contributed by atoms with E-state index in [1.54, 1.807) is 0 Å². The van der Waals surface area contributed by atoms with Crippen LogP contribution in [-0.2, 0) is 28.8 Å². The van der Waals surface area contributed by atoms with E-state index in [-0.39, 0.29) is 11.9 Å². The van der Waals surface area contributed by atoms with Crippen LogP contribution in [0.3, 0.4) is 0 Å². The number of benzene rings is 1. The van der Waals surface area contributed by atoms with Crippen LogP contribution in [0.5, 0.6) is 0 Å². The molecule has 0 radical (unpaired) electrons. The SMILES string of the molecule is O=C(Cc1ccc2c(c1)CCC2)C1CNCCO1. The van der Waals surface area contributed by atoms with Crippen molar-refractivity contribution in [2.75, 3.05) is 19.7 Å². The normalized spacial score (nSPS) is 22.8. The summed E-state index contributed by atoms with van der Waals surface area (Å²) in [5.41, 5.74) is 4.03. The van der Waals surface area contributed by atoms with Gasteiger partial charge in [0, 0.05) is 19.5 Å². The van der Waals surface area contributed by atoms with Crippen molar-refractivity contribution in [2.24, 2.45) is 0 Å². The predicted molar refractivity (Wildman–Crippen MR) is 69.8 cm³/mol. The molecular formula is C15H19NO2. The molecule has 96 valence electrons. The molecule has 1 atom stereocenters. The van der Waals surface area contributed by atoms with E-state index in [0.29, 0.717) is 19.6 Å². The number of carbonyl (C=O) groups is 1. The Bertz CT molecular complexity index is 450. The van der Waals surface area contributed by atoms with Crippen molar-refractivity contribution in [3.8, 4) is 0 Å². The number of rotatable bonds is 3. The zero-order valence-electron chi connectivity index (χ0n) is 10.6. The Kier molecular flexibility index (Phi) is 3.43. The minimum atomic E-state index is -0.257. The van der Waals surface area contributed by atoms with Crippen LogP contribution < -0.4 is 5.32 Å². The van der Waals surface area contributed by atoms with Crippen LogP contribution >= 0.6 is 0 Å². The van der Waals surface area contributed by atoms with Crippen LogP contribution in [0.4, 0.5) is 0 Å². The van der Waals surface area contributed by atoms with Crippen molar-refractivity contribution in [3.05, 3.63) is 34.9 Å². The molecule has 1 aliphatic heterocycles. The quantitative estimate of drug-likeness (QED) is 0.871. The average Bonchev–Trinajstić information content (AvgIpc) is 2.87. The molecular weight excluding hydrogens is 226 g/mol. The van der Waals surface area contributed by atoms with Gasteiger partial charge in [0.15, 0.2) is 5.78 Å². The minimum Gasteiger partial charge on any atom is -0.368 e. The fraction of sp³-hybridized carbons (Fsp3) is 0.533. The highest BCUT2D eigenvalue weighted by molar-refractivity contribution is 5.85. The molecule has 0 aromatic heterocycles. The smallest absolute Gasteiger partial charge is 0.167 e. The Morgan fingerprint density at radius 3 is 3.06 bits per heavy atom. The highest BCUT2D eigenvalue weighted by atomic mass is 16.5. The number of aryl methyl sites for hydroxylation is 2. The first-order valence-electron chi connectivity index (χ1n) is 6.78. The van der Waals surface area contributed by atoms with Crippen molar-refractivity contribution in [1.82, 2.24) is 5.32 Å². The van der Waals surface area contributed by atoms with Gasteiger partial charge in [-0.1, -0.05) is 18.2 Å². The van der Waals surface area contributed by atoms with Gasteiger partial charge in [-0.3, -0.25) is 4.79 Å². The lowest BCUT2D eigenvalue weighted by molar-refractivity contribution is -0.131. The van der Waals surface area contributed by atoms with E-state index in [9.17, 15) is 4.79 Å². The highest BCUT2D eigenvalue weighted by Gasteiger charge is 2.22. The fourth-order valence-corrected chi connectivity index (χ4v) is 2.82. The van der Waals surface area contributed by atoms with Crippen LogP contribution in [0.25, 0.3) is 0 Å². The lowest BCUT2D eigenvalue weighted by Gasteiger charge is -2.22. The molecule has 0 saturated carbocycles. The number of ketones is 1. The molecule has 0 bridgehead atoms. The lowest BCUT2D eigenvalue weighted by atomic mass is 10.0. The first kappa shape index (κ1) is 11.9. The van der Waals surface area contributed by atoms with Gasteiger partial charge in [-0.25, -0.2) is 0 Å². The van der Waals surface area contributed by atoms with Gasteiger partial charge in [-0.15, -0.1) is 0 Å². The monoisotopic (exact) mass is 245 g/mol. The molecule has 18 heavy (non-hydrogen) atoms. The standard InChI is InChI=1S/C15H19NO2/c17-14(15-10-16-6-7-18-15)9-11-4-5-12-2-1-3-13(12)8-11/h4-5,8,15-16H,1-3,6-7,9-10H2. The third-order valence-corrected chi connectivity index (χ3v) is 3.83. The summed E-state index contributed by atoms with van der Waals surface area (Å²) in [7, 11) is 0. The maximum atomic E-state index is 12.1. The number of nitrogens with one attached hydrogen (secondary N) is 1. The first-order chi connectivity index (χ1) is 8.83. The lowest BCUT2D eigenvalue weighted by Crippen LogP contribution is -2.43. The summed E-state index contributed by atoms with van der Waals surface area (Å²) in [5, 5.41) is 3.20. The molecule has 1 aromatic rings. The summed E-state index contributed by atoms with van der Waals surface area (Å²) in [4.78, 5) is 12.1. The summed E-state index contributed by atoms with van der Waals surface area (Å²) < 4.78 is 5.49. The predicted octanol–water partition coefficient (Wildman–Crippen LogP) is 1.28. The molecule has 3 nitrogen and oxygen atoms in total. The highest BCUT2D eigenvalue weighted by Crippen LogP contribution is 2.23. The van der Waals surface area contributed by atoms with Crippen LogP contribution in [0.15, 0.2) is 18.2 Å². The van der Waals surface area contributed by atoms with Crippen molar-refractivity contribution in [3.63, 3.8) is 0 Å². The van der Waals surface area contributed by atoms with E-state index in [1.807, 2.05) is 0 Å². The number of carbonyl (C=O) groups excluding carboxylic acids is 1. The van der Waals surface area contributed by atoms with Gasteiger partial charge in [0.25, 0.3) is 0 Å². The van der Waals surface area contributed by atoms with E-state index in [1.165, 1.54) is 30.4 Å². The molecule has 1 saturated heterocycles. The Balaban J connectivity index is 1.66. The molecule has 1 unspecified atom stereocenters. The summed E-state index contributed by atoms with van der Waals surface area (Å²) in [5.74, 6) is 0.195. The molecule has 3 rings (SSSR count). The summed E-state index contributed by atoms with van der Waals surface area (Å²) in [6, 6.07) is 6.49. The second kappa shape index (κ2) is 5.21. The van der Waals surface area contributed by atoms with Gasteiger partial charge in [0.05, 0.1) is 6.61 Å². The van der Waals surface area contributed by atoms with E-state index >= 15 is 0 Å². The zero-order valence-corrected chi connectivity index (χ0v) is 10.6. The third kappa shape index (κ3) is 2.47. The number of ether oxygens (including phenoxy) is 1. The number of fused-ring (bicyclic) bond motifs is 1. The molecule has 2 aliphatic rings. The van der Waals surface area contributed by atoms with Gasteiger partial charge in [0.1, 0.15) is 6.10 Å². The summed E-state index contributed by atoms with van der Waals surface area (Å²) in [6.45, 7) is 2.15. The Morgan fingerprint density at radius 1 is 1.33 bits per heavy atom. The Morgan fingerprint density at radius 2 is 2.22 bits per heavy atom. The van der Waals surface area contributed by atoms with E-state index < -0.39 is 0 Å². The molecule has 1 fully saturated rings. The maximum absolute atomic E-state index is 12.1. The molecule has 0 amide bonds. The number of hydrogen-bond acceptors (Lipinski definition) is 3. The second-order valence-corrected chi connectivity index (χ2v) is 5.16. The molecule has 0 spiro atoms. The van der Waals surface area contributed by atoms with Crippen molar-refractivity contribution in [1.29, 1.82) is 0 Å². The van der Waals surface area contributed by atoms with E-state index in [4.69, 9.17) is 4.74 Å². The first-order valence-corrected chi connectivity index (χ1v) is 6.78. The minimum absolute atomic E-state index is 0.195. The van der Waals surface area contributed by atoms with Crippen LogP contribution in [-0.4, -0.2) is 31.6 Å². The third-order valence-electron chi connectivity index (χ3n) is 3.83. The molecule has 1 aromatic carbocycles. The van der Waals surface area contributed by atoms with Gasteiger partial charge in [0.2, 0.25) is 0 Å². The average molecular weight is 245 g/mol. The maximum Gasteiger partial charge on any atom is 0.167 e. The molecule has 1 heterocycles. The van der Waals surface area contributed by atoms with Gasteiger partial charge >= 0.3 is 0 Å².